The average molecular weight is 869 g/mol. The van der Waals surface area contributed by atoms with E-state index in [-0.39, 0.29) is 18.5 Å². The van der Waals surface area contributed by atoms with Gasteiger partial charge in [-0.2, -0.15) is 0 Å². The van der Waals surface area contributed by atoms with E-state index in [0.717, 1.165) is 76.0 Å². The Hall–Kier alpha value is -7.23. The molecule has 6 aromatic carbocycles. The SMILES string of the molecule is CCOC(=O)C1=C(c2ccccc2)c2ccc(OCCCc3ccccc3)cc2C1N.CCOC(=O)C1=C(c2ccccc2)c2ccc(OCCCc3ccccc3)cc2C1NC(C)=O. The summed E-state index contributed by atoms with van der Waals surface area (Å²) in [5, 5.41) is 2.95. The van der Waals surface area contributed by atoms with Gasteiger partial charge in [-0.3, -0.25) is 4.79 Å². The number of nitrogens with one attached hydrogen (secondary N) is 1. The molecule has 0 saturated heterocycles. The maximum atomic E-state index is 13.1. The highest BCUT2D eigenvalue weighted by Gasteiger charge is 2.38. The molecule has 9 nitrogen and oxygen atoms in total. The van der Waals surface area contributed by atoms with Crippen molar-refractivity contribution in [2.24, 2.45) is 5.73 Å². The molecule has 2 atom stereocenters. The van der Waals surface area contributed by atoms with Gasteiger partial charge in [0.15, 0.2) is 0 Å². The summed E-state index contributed by atoms with van der Waals surface area (Å²) in [6, 6.07) is 50.8. The van der Waals surface area contributed by atoms with Gasteiger partial charge in [0, 0.05) is 18.1 Å². The largest absolute Gasteiger partial charge is 0.494 e. The van der Waals surface area contributed by atoms with Crippen LogP contribution in [0.1, 0.15) is 90.2 Å². The first-order chi connectivity index (χ1) is 31.8. The number of ether oxygens (including phenoxy) is 4. The highest BCUT2D eigenvalue weighted by molar-refractivity contribution is 6.08. The van der Waals surface area contributed by atoms with Crippen LogP contribution in [0.4, 0.5) is 0 Å². The lowest BCUT2D eigenvalue weighted by molar-refractivity contribution is -0.139. The molecular weight excluding hydrogens is 813 g/mol. The molecule has 0 heterocycles. The number of carbonyl (C=O) groups is 3. The van der Waals surface area contributed by atoms with Crippen molar-refractivity contribution in [2.75, 3.05) is 26.4 Å². The second-order valence-electron chi connectivity index (χ2n) is 15.7. The topological polar surface area (TPSA) is 126 Å². The minimum Gasteiger partial charge on any atom is -0.494 e. The summed E-state index contributed by atoms with van der Waals surface area (Å²) in [5.74, 6) is 0.456. The number of benzene rings is 6. The molecule has 6 aromatic rings. The number of rotatable bonds is 17. The number of aryl methyl sites for hydroxylation is 2. The second kappa shape index (κ2) is 22.4. The Balaban J connectivity index is 0.000000195. The Morgan fingerprint density at radius 1 is 0.538 bits per heavy atom. The van der Waals surface area contributed by atoms with Crippen molar-refractivity contribution in [3.63, 3.8) is 0 Å². The van der Waals surface area contributed by atoms with Gasteiger partial charge in [0.2, 0.25) is 5.91 Å². The van der Waals surface area contributed by atoms with Gasteiger partial charge in [-0.15, -0.1) is 0 Å². The normalized spacial score (nSPS) is 14.7. The van der Waals surface area contributed by atoms with Crippen molar-refractivity contribution in [3.05, 3.63) is 213 Å². The number of hydrogen-bond donors (Lipinski definition) is 2. The molecule has 0 saturated carbocycles. The van der Waals surface area contributed by atoms with Crippen LogP contribution in [0.3, 0.4) is 0 Å². The monoisotopic (exact) mass is 868 g/mol. The number of esters is 2. The third-order valence-corrected chi connectivity index (χ3v) is 11.3. The van der Waals surface area contributed by atoms with Gasteiger partial charge in [0.25, 0.3) is 0 Å². The summed E-state index contributed by atoms with van der Waals surface area (Å²) >= 11 is 0. The van der Waals surface area contributed by atoms with E-state index in [1.165, 1.54) is 18.1 Å². The van der Waals surface area contributed by atoms with Gasteiger partial charge in [-0.05, 0) is 108 Å². The molecule has 8 rings (SSSR count). The lowest BCUT2D eigenvalue weighted by Gasteiger charge is -2.17. The highest BCUT2D eigenvalue weighted by atomic mass is 16.5. The molecule has 332 valence electrons. The quantitative estimate of drug-likeness (QED) is 0.0686. The van der Waals surface area contributed by atoms with E-state index in [1.54, 1.807) is 13.8 Å². The maximum absolute atomic E-state index is 13.1. The van der Waals surface area contributed by atoms with Crippen LogP contribution in [-0.4, -0.2) is 44.3 Å². The van der Waals surface area contributed by atoms with Crippen LogP contribution in [0.15, 0.2) is 169 Å². The van der Waals surface area contributed by atoms with E-state index in [0.29, 0.717) is 36.7 Å². The molecule has 0 bridgehead atoms. The zero-order valence-corrected chi connectivity index (χ0v) is 37.3. The molecular formula is C56H56N2O7. The van der Waals surface area contributed by atoms with Gasteiger partial charge in [0.05, 0.1) is 49.7 Å². The smallest absolute Gasteiger partial charge is 0.337 e. The van der Waals surface area contributed by atoms with E-state index in [2.05, 4.69) is 41.7 Å². The number of carbonyl (C=O) groups excluding carboxylic acids is 3. The lowest BCUT2D eigenvalue weighted by atomic mass is 9.97. The van der Waals surface area contributed by atoms with Crippen LogP contribution in [0.25, 0.3) is 11.1 Å². The first-order valence-corrected chi connectivity index (χ1v) is 22.4. The first kappa shape index (κ1) is 45.8. The number of hydrogen-bond acceptors (Lipinski definition) is 8. The molecule has 2 aliphatic carbocycles. The fourth-order valence-corrected chi connectivity index (χ4v) is 8.39. The fourth-order valence-electron chi connectivity index (χ4n) is 8.39. The zero-order valence-electron chi connectivity index (χ0n) is 37.3. The van der Waals surface area contributed by atoms with Crippen LogP contribution >= 0.6 is 0 Å². The van der Waals surface area contributed by atoms with Crippen molar-refractivity contribution >= 4 is 29.0 Å². The summed E-state index contributed by atoms with van der Waals surface area (Å²) < 4.78 is 22.8. The predicted octanol–water partition coefficient (Wildman–Crippen LogP) is 10.3. The molecule has 0 aliphatic heterocycles. The van der Waals surface area contributed by atoms with E-state index in [9.17, 15) is 14.4 Å². The number of amides is 1. The Kier molecular flexibility index (Phi) is 15.8. The van der Waals surface area contributed by atoms with Crippen LogP contribution in [0, 0.1) is 0 Å². The molecule has 2 unspecified atom stereocenters. The first-order valence-electron chi connectivity index (χ1n) is 22.4. The third kappa shape index (κ3) is 11.3. The lowest BCUT2D eigenvalue weighted by Crippen LogP contribution is -2.29. The van der Waals surface area contributed by atoms with Gasteiger partial charge < -0.3 is 30.0 Å². The van der Waals surface area contributed by atoms with Crippen molar-refractivity contribution < 1.29 is 33.3 Å². The standard InChI is InChI=1S/C29H29NO4.C27H27NO3/c1-3-33-29(32)27-26(22-14-8-5-9-15-22)24-17-16-23(19-25(24)28(27)30-20(2)31)34-18-10-13-21-11-6-4-7-12-21;1-2-30-27(29)25-24(20-13-7-4-8-14-20)22-16-15-21(18-23(22)26(25)28)31-17-9-12-19-10-5-3-6-11-19/h4-9,11-12,14-17,19,28H,3,10,13,18H2,1-2H3,(H,30,31);3-8,10-11,13-16,18,26H,2,9,12,17,28H2,1H3. The van der Waals surface area contributed by atoms with Crippen LogP contribution in [0.2, 0.25) is 0 Å². The van der Waals surface area contributed by atoms with Gasteiger partial charge in [-0.1, -0.05) is 133 Å². The summed E-state index contributed by atoms with van der Waals surface area (Å²) in [6.45, 7) is 6.78. The molecule has 0 spiro atoms. The Labute approximate surface area is 381 Å². The van der Waals surface area contributed by atoms with Crippen LogP contribution in [0.5, 0.6) is 11.5 Å². The summed E-state index contributed by atoms with van der Waals surface area (Å²) in [4.78, 5) is 37.9. The minimum absolute atomic E-state index is 0.221. The Bertz CT molecular complexity index is 2630. The molecule has 0 aromatic heterocycles. The predicted molar refractivity (Wildman–Crippen MR) is 255 cm³/mol. The molecule has 65 heavy (non-hydrogen) atoms. The van der Waals surface area contributed by atoms with E-state index >= 15 is 0 Å². The van der Waals surface area contributed by atoms with Gasteiger partial charge in [0.1, 0.15) is 11.5 Å². The summed E-state index contributed by atoms with van der Waals surface area (Å²) in [7, 11) is 0. The van der Waals surface area contributed by atoms with Crippen LogP contribution in [-0.2, 0) is 36.7 Å². The summed E-state index contributed by atoms with van der Waals surface area (Å²) in [6.07, 6.45) is 3.72. The van der Waals surface area contributed by atoms with Crippen LogP contribution < -0.4 is 20.5 Å². The van der Waals surface area contributed by atoms with Crippen molar-refractivity contribution in [2.45, 2.75) is 58.5 Å². The van der Waals surface area contributed by atoms with Crippen molar-refractivity contribution in [3.8, 4) is 11.5 Å². The average Bonchev–Trinajstić information content (AvgIpc) is 3.81. The molecule has 1 amide bonds. The minimum atomic E-state index is -0.602. The van der Waals surface area contributed by atoms with E-state index in [4.69, 9.17) is 24.7 Å². The number of nitrogens with two attached hydrogens (primary N) is 1. The maximum Gasteiger partial charge on any atom is 0.337 e. The third-order valence-electron chi connectivity index (χ3n) is 11.3. The van der Waals surface area contributed by atoms with Gasteiger partial charge >= 0.3 is 11.9 Å². The molecule has 0 fully saturated rings. The second-order valence-corrected chi connectivity index (χ2v) is 15.7. The summed E-state index contributed by atoms with van der Waals surface area (Å²) in [5.41, 5.74) is 17.1. The Morgan fingerprint density at radius 3 is 1.42 bits per heavy atom. The van der Waals surface area contributed by atoms with E-state index in [1.807, 2.05) is 121 Å². The molecule has 9 heteroatoms. The van der Waals surface area contributed by atoms with E-state index < -0.39 is 18.1 Å². The molecule has 0 radical (unpaired) electrons. The number of fused-ring (bicyclic) bond motifs is 2. The van der Waals surface area contributed by atoms with Crippen molar-refractivity contribution in [1.82, 2.24) is 5.32 Å². The molecule has 3 N–H and O–H groups in total. The van der Waals surface area contributed by atoms with Gasteiger partial charge in [-0.25, -0.2) is 9.59 Å². The fraction of sp³-hybridized carbons (Fsp3) is 0.232. The van der Waals surface area contributed by atoms with Crippen molar-refractivity contribution in [1.29, 1.82) is 0 Å². The highest BCUT2D eigenvalue weighted by Crippen LogP contribution is 2.46. The Morgan fingerprint density at radius 2 is 0.954 bits per heavy atom. The molecule has 2 aliphatic rings. The zero-order chi connectivity index (χ0) is 45.5.